The molecule has 0 aliphatic carbocycles. The number of hydrogen-bond donors (Lipinski definition) is 1. The molecule has 2 aromatic carbocycles. The second-order valence-corrected chi connectivity index (χ2v) is 5.05. The molecule has 0 aromatic heterocycles. The van der Waals surface area contributed by atoms with E-state index < -0.39 is 0 Å². The Morgan fingerprint density at radius 3 is 2.67 bits per heavy atom. The van der Waals surface area contributed by atoms with Gasteiger partial charge in [-0.05, 0) is 36.2 Å². The third-order valence-corrected chi connectivity index (χ3v) is 3.46. The number of hydrogen-bond acceptors (Lipinski definition) is 3. The fraction of sp³-hybridized carbons (Fsp3) is 0.235. The summed E-state index contributed by atoms with van der Waals surface area (Å²) in [5, 5.41) is 0. The van der Waals surface area contributed by atoms with Gasteiger partial charge in [0.1, 0.15) is 5.75 Å². The Labute approximate surface area is 125 Å². The van der Waals surface area contributed by atoms with Gasteiger partial charge in [0.2, 0.25) is 0 Å². The minimum absolute atomic E-state index is 0.0842. The van der Waals surface area contributed by atoms with Crippen molar-refractivity contribution in [3.8, 4) is 5.75 Å². The van der Waals surface area contributed by atoms with Crippen LogP contribution in [0.3, 0.4) is 0 Å². The number of anilines is 1. The summed E-state index contributed by atoms with van der Waals surface area (Å²) in [6, 6.07) is 13.2. The molecule has 110 valence electrons. The van der Waals surface area contributed by atoms with Crippen LogP contribution in [0, 0.1) is 6.92 Å². The van der Waals surface area contributed by atoms with Gasteiger partial charge in [-0.25, -0.2) is 0 Å². The van der Waals surface area contributed by atoms with Crippen LogP contribution in [0.25, 0.3) is 0 Å². The topological polar surface area (TPSA) is 55.6 Å². The molecule has 2 rings (SSSR count). The predicted octanol–water partition coefficient (Wildman–Crippen LogP) is 2.86. The van der Waals surface area contributed by atoms with Crippen LogP contribution in [0.2, 0.25) is 0 Å². The number of carbonyl (C=O) groups is 1. The second-order valence-electron chi connectivity index (χ2n) is 5.05. The summed E-state index contributed by atoms with van der Waals surface area (Å²) in [4.78, 5) is 14.1. The lowest BCUT2D eigenvalue weighted by Crippen LogP contribution is -2.27. The molecule has 2 N–H and O–H groups in total. The summed E-state index contributed by atoms with van der Waals surface area (Å²) < 4.78 is 5.19. The van der Waals surface area contributed by atoms with E-state index in [1.807, 2.05) is 43.3 Å². The molecule has 0 radical (unpaired) electrons. The first-order chi connectivity index (χ1) is 10.0. The highest BCUT2D eigenvalue weighted by Crippen LogP contribution is 2.20. The lowest BCUT2D eigenvalue weighted by atomic mass is 10.1. The molecule has 4 nitrogen and oxygen atoms in total. The number of benzene rings is 2. The highest BCUT2D eigenvalue weighted by molar-refractivity contribution is 5.99. The Hall–Kier alpha value is -2.49. The molecule has 0 atom stereocenters. The molecule has 0 spiro atoms. The molecule has 0 fully saturated rings. The van der Waals surface area contributed by atoms with E-state index in [9.17, 15) is 4.79 Å². The zero-order chi connectivity index (χ0) is 15.4. The smallest absolute Gasteiger partial charge is 0.255 e. The van der Waals surface area contributed by atoms with Crippen LogP contribution >= 0.6 is 0 Å². The fourth-order valence-electron chi connectivity index (χ4n) is 2.19. The zero-order valence-electron chi connectivity index (χ0n) is 12.6. The van der Waals surface area contributed by atoms with Gasteiger partial charge in [0.15, 0.2) is 0 Å². The number of nitrogen functional groups attached to an aromatic ring is 1. The molecule has 0 saturated carbocycles. The number of amides is 1. The quantitative estimate of drug-likeness (QED) is 0.878. The molecule has 4 heteroatoms. The van der Waals surface area contributed by atoms with Gasteiger partial charge in [-0.15, -0.1) is 0 Å². The van der Waals surface area contributed by atoms with E-state index in [1.54, 1.807) is 25.1 Å². The molecule has 0 heterocycles. The summed E-state index contributed by atoms with van der Waals surface area (Å²) in [5.41, 5.74) is 9.00. The van der Waals surface area contributed by atoms with Crippen LogP contribution in [-0.4, -0.2) is 25.0 Å². The molecule has 0 bridgehead atoms. The summed E-state index contributed by atoms with van der Waals surface area (Å²) in [7, 11) is 3.39. The van der Waals surface area contributed by atoms with Crippen LogP contribution in [-0.2, 0) is 6.54 Å². The number of carbonyl (C=O) groups excluding carboxylic acids is 1. The number of rotatable bonds is 4. The SMILES string of the molecule is COc1cccc(CN(C)C(=O)c2cccc(C)c2N)c1. The Kier molecular flexibility index (Phi) is 4.48. The van der Waals surface area contributed by atoms with Crippen molar-refractivity contribution in [3.05, 3.63) is 59.2 Å². The standard InChI is InChI=1S/C17H20N2O2/c1-12-6-4-9-15(16(12)18)17(20)19(2)11-13-7-5-8-14(10-13)21-3/h4-10H,11,18H2,1-3H3. The number of aryl methyl sites for hydroxylation is 1. The van der Waals surface area contributed by atoms with Crippen molar-refractivity contribution >= 4 is 11.6 Å². The predicted molar refractivity (Wildman–Crippen MR) is 84.4 cm³/mol. The van der Waals surface area contributed by atoms with Crippen molar-refractivity contribution in [2.45, 2.75) is 13.5 Å². The average molecular weight is 284 g/mol. The summed E-state index contributed by atoms with van der Waals surface area (Å²) >= 11 is 0. The highest BCUT2D eigenvalue weighted by atomic mass is 16.5. The van der Waals surface area contributed by atoms with E-state index in [2.05, 4.69) is 0 Å². The van der Waals surface area contributed by atoms with Gasteiger partial charge in [0, 0.05) is 19.3 Å². The van der Waals surface area contributed by atoms with E-state index in [-0.39, 0.29) is 5.91 Å². The zero-order valence-corrected chi connectivity index (χ0v) is 12.6. The van der Waals surface area contributed by atoms with Gasteiger partial charge in [0.25, 0.3) is 5.91 Å². The van der Waals surface area contributed by atoms with Crippen LogP contribution < -0.4 is 10.5 Å². The van der Waals surface area contributed by atoms with Gasteiger partial charge in [-0.2, -0.15) is 0 Å². The van der Waals surface area contributed by atoms with Gasteiger partial charge < -0.3 is 15.4 Å². The first kappa shape index (κ1) is 14.9. The van der Waals surface area contributed by atoms with Crippen LogP contribution in [0.1, 0.15) is 21.5 Å². The first-order valence-corrected chi connectivity index (χ1v) is 6.76. The number of para-hydroxylation sites is 1. The van der Waals surface area contributed by atoms with Crippen molar-refractivity contribution in [2.75, 3.05) is 19.9 Å². The Morgan fingerprint density at radius 1 is 1.24 bits per heavy atom. The molecule has 0 aliphatic rings. The Morgan fingerprint density at radius 2 is 1.95 bits per heavy atom. The second kappa shape index (κ2) is 6.31. The Balaban J connectivity index is 2.17. The maximum absolute atomic E-state index is 12.5. The average Bonchev–Trinajstić information content (AvgIpc) is 2.49. The lowest BCUT2D eigenvalue weighted by Gasteiger charge is -2.19. The molecular weight excluding hydrogens is 264 g/mol. The molecule has 0 aliphatic heterocycles. The van der Waals surface area contributed by atoms with Gasteiger partial charge in [0.05, 0.1) is 12.7 Å². The van der Waals surface area contributed by atoms with Crippen LogP contribution in [0.4, 0.5) is 5.69 Å². The van der Waals surface area contributed by atoms with Crippen molar-refractivity contribution < 1.29 is 9.53 Å². The molecule has 0 unspecified atom stereocenters. The van der Waals surface area contributed by atoms with E-state index in [4.69, 9.17) is 10.5 Å². The largest absolute Gasteiger partial charge is 0.497 e. The maximum atomic E-state index is 12.5. The highest BCUT2D eigenvalue weighted by Gasteiger charge is 2.15. The van der Waals surface area contributed by atoms with E-state index >= 15 is 0 Å². The molecule has 2 aromatic rings. The molecule has 1 amide bonds. The first-order valence-electron chi connectivity index (χ1n) is 6.76. The van der Waals surface area contributed by atoms with Gasteiger partial charge in [-0.1, -0.05) is 24.3 Å². The summed E-state index contributed by atoms with van der Waals surface area (Å²) in [6.45, 7) is 2.40. The normalized spacial score (nSPS) is 10.2. The summed E-state index contributed by atoms with van der Waals surface area (Å²) in [5.74, 6) is 0.697. The minimum Gasteiger partial charge on any atom is -0.497 e. The summed E-state index contributed by atoms with van der Waals surface area (Å²) in [6.07, 6.45) is 0. The molecule has 0 saturated heterocycles. The van der Waals surface area contributed by atoms with E-state index in [0.29, 0.717) is 17.8 Å². The van der Waals surface area contributed by atoms with E-state index in [0.717, 1.165) is 16.9 Å². The van der Waals surface area contributed by atoms with Crippen molar-refractivity contribution in [1.82, 2.24) is 4.90 Å². The Bertz CT molecular complexity index is 653. The van der Waals surface area contributed by atoms with Crippen LogP contribution in [0.5, 0.6) is 5.75 Å². The molecule has 21 heavy (non-hydrogen) atoms. The lowest BCUT2D eigenvalue weighted by molar-refractivity contribution is 0.0786. The molecular formula is C17H20N2O2. The number of nitrogens with zero attached hydrogens (tertiary/aromatic N) is 1. The third-order valence-electron chi connectivity index (χ3n) is 3.46. The van der Waals surface area contributed by atoms with Crippen molar-refractivity contribution in [3.63, 3.8) is 0 Å². The van der Waals surface area contributed by atoms with Crippen LogP contribution in [0.15, 0.2) is 42.5 Å². The monoisotopic (exact) mass is 284 g/mol. The van der Waals surface area contributed by atoms with E-state index in [1.165, 1.54) is 0 Å². The van der Waals surface area contributed by atoms with Crippen molar-refractivity contribution in [2.24, 2.45) is 0 Å². The third kappa shape index (κ3) is 3.34. The van der Waals surface area contributed by atoms with Crippen molar-refractivity contribution in [1.29, 1.82) is 0 Å². The number of nitrogens with two attached hydrogens (primary N) is 1. The maximum Gasteiger partial charge on any atom is 0.255 e. The van der Waals surface area contributed by atoms with Gasteiger partial charge in [-0.3, -0.25) is 4.79 Å². The van der Waals surface area contributed by atoms with Gasteiger partial charge >= 0.3 is 0 Å². The minimum atomic E-state index is -0.0842. The fourth-order valence-corrected chi connectivity index (χ4v) is 2.19. The number of methoxy groups -OCH3 is 1. The number of ether oxygens (including phenoxy) is 1.